The lowest BCUT2D eigenvalue weighted by Gasteiger charge is -2.14. The van der Waals surface area contributed by atoms with Gasteiger partial charge in [-0.3, -0.25) is 9.59 Å². The van der Waals surface area contributed by atoms with Crippen LogP contribution in [0.2, 0.25) is 0 Å². The molecule has 2 amide bonds. The van der Waals surface area contributed by atoms with Crippen molar-refractivity contribution in [2.45, 2.75) is 26.7 Å². The van der Waals surface area contributed by atoms with Crippen LogP contribution in [0, 0.1) is 19.7 Å². The largest absolute Gasteiger partial charge is 0.358 e. The van der Waals surface area contributed by atoms with Gasteiger partial charge in [-0.25, -0.2) is 4.39 Å². The van der Waals surface area contributed by atoms with Gasteiger partial charge in [-0.1, -0.05) is 24.3 Å². The number of nitrogens with one attached hydrogen (secondary N) is 3. The fraction of sp³-hybridized carbons (Fsp3) is 0.286. The van der Waals surface area contributed by atoms with E-state index < -0.39 is 0 Å². The first kappa shape index (κ1) is 23.1. The van der Waals surface area contributed by atoms with Gasteiger partial charge in [0.15, 0.2) is 0 Å². The molecule has 5 rings (SSSR count). The SMILES string of the molecule is Cc1[nH]c(/C=C2\C(=O)Nc3cccc(-c4cccc(F)c4)c32)c(C)c1C(=O)NCCN1CCCC1. The predicted octanol–water partition coefficient (Wildman–Crippen LogP) is 4.76. The molecule has 1 saturated heterocycles. The number of aryl methyl sites for hydroxylation is 1. The molecule has 0 bridgehead atoms. The molecule has 6 nitrogen and oxygen atoms in total. The molecular formula is C28H29FN4O2. The Bertz CT molecular complexity index is 1330. The van der Waals surface area contributed by atoms with Gasteiger partial charge in [0, 0.05) is 35.7 Å². The number of anilines is 1. The molecule has 3 heterocycles. The molecular weight excluding hydrogens is 443 g/mol. The monoisotopic (exact) mass is 472 g/mol. The second kappa shape index (κ2) is 9.50. The Labute approximate surface area is 204 Å². The molecule has 180 valence electrons. The average Bonchev–Trinajstić information content (AvgIpc) is 3.52. The third kappa shape index (κ3) is 4.51. The zero-order valence-electron chi connectivity index (χ0n) is 20.0. The normalized spacial score (nSPS) is 16.5. The number of halogens is 1. The molecule has 0 atom stereocenters. The van der Waals surface area contributed by atoms with Crippen molar-refractivity contribution in [3.05, 3.63) is 76.4 Å². The molecule has 3 aromatic rings. The van der Waals surface area contributed by atoms with Crippen LogP contribution in [0.1, 0.15) is 45.7 Å². The van der Waals surface area contributed by atoms with Gasteiger partial charge in [0.1, 0.15) is 5.82 Å². The van der Waals surface area contributed by atoms with Crippen molar-refractivity contribution in [2.75, 3.05) is 31.5 Å². The highest BCUT2D eigenvalue weighted by molar-refractivity contribution is 6.36. The Morgan fingerprint density at radius 3 is 2.69 bits per heavy atom. The highest BCUT2D eigenvalue weighted by Crippen LogP contribution is 2.40. The minimum Gasteiger partial charge on any atom is -0.358 e. The van der Waals surface area contributed by atoms with Gasteiger partial charge >= 0.3 is 0 Å². The van der Waals surface area contributed by atoms with Gasteiger partial charge in [-0.15, -0.1) is 0 Å². The fourth-order valence-corrected chi connectivity index (χ4v) is 5.11. The number of hydrogen-bond acceptors (Lipinski definition) is 3. The summed E-state index contributed by atoms with van der Waals surface area (Å²) in [7, 11) is 0. The molecule has 0 unspecified atom stereocenters. The molecule has 0 spiro atoms. The maximum Gasteiger partial charge on any atom is 0.256 e. The number of H-pyrrole nitrogens is 1. The maximum absolute atomic E-state index is 13.9. The van der Waals surface area contributed by atoms with Crippen LogP contribution in [0.5, 0.6) is 0 Å². The lowest BCUT2D eigenvalue weighted by molar-refractivity contribution is -0.110. The highest BCUT2D eigenvalue weighted by Gasteiger charge is 2.28. The first-order valence-corrected chi connectivity index (χ1v) is 12.0. The summed E-state index contributed by atoms with van der Waals surface area (Å²) in [6.45, 7) is 7.40. The van der Waals surface area contributed by atoms with Gasteiger partial charge in [0.05, 0.1) is 11.1 Å². The van der Waals surface area contributed by atoms with Crippen LogP contribution in [-0.2, 0) is 4.79 Å². The zero-order chi connectivity index (χ0) is 24.5. The van der Waals surface area contributed by atoms with E-state index in [1.54, 1.807) is 12.1 Å². The van der Waals surface area contributed by atoms with Crippen LogP contribution in [0.15, 0.2) is 42.5 Å². The van der Waals surface area contributed by atoms with E-state index in [1.165, 1.54) is 25.0 Å². The molecule has 3 N–H and O–H groups in total. The van der Waals surface area contributed by atoms with Crippen LogP contribution in [-0.4, -0.2) is 47.9 Å². The number of carbonyl (C=O) groups is 2. The predicted molar refractivity (Wildman–Crippen MR) is 137 cm³/mol. The number of amides is 2. The van der Waals surface area contributed by atoms with Crippen LogP contribution >= 0.6 is 0 Å². The molecule has 2 aliphatic rings. The van der Waals surface area contributed by atoms with Crippen molar-refractivity contribution < 1.29 is 14.0 Å². The lowest BCUT2D eigenvalue weighted by atomic mass is 9.94. The van der Waals surface area contributed by atoms with Crippen LogP contribution in [0.25, 0.3) is 22.8 Å². The van der Waals surface area contributed by atoms with E-state index in [0.717, 1.165) is 42.0 Å². The van der Waals surface area contributed by atoms with Gasteiger partial charge in [-0.2, -0.15) is 0 Å². The third-order valence-corrected chi connectivity index (χ3v) is 6.87. The summed E-state index contributed by atoms with van der Waals surface area (Å²) in [5, 5.41) is 5.95. The smallest absolute Gasteiger partial charge is 0.256 e. The molecule has 1 fully saturated rings. The molecule has 0 aliphatic carbocycles. The highest BCUT2D eigenvalue weighted by atomic mass is 19.1. The van der Waals surface area contributed by atoms with Crippen LogP contribution < -0.4 is 10.6 Å². The lowest BCUT2D eigenvalue weighted by Crippen LogP contribution is -2.33. The summed E-state index contributed by atoms with van der Waals surface area (Å²) in [5.41, 5.74) is 6.22. The number of rotatable bonds is 6. The Kier molecular flexibility index (Phi) is 6.26. The number of aromatic nitrogens is 1. The minimum atomic E-state index is -0.334. The molecule has 1 aromatic heterocycles. The van der Waals surface area contributed by atoms with Gasteiger partial charge < -0.3 is 20.5 Å². The Morgan fingerprint density at radius 1 is 1.14 bits per heavy atom. The van der Waals surface area contributed by atoms with Crippen molar-refractivity contribution in [1.29, 1.82) is 0 Å². The molecule has 0 saturated carbocycles. The van der Waals surface area contributed by atoms with E-state index in [-0.39, 0.29) is 17.6 Å². The summed E-state index contributed by atoms with van der Waals surface area (Å²) in [6, 6.07) is 11.9. The van der Waals surface area contributed by atoms with E-state index in [1.807, 2.05) is 38.1 Å². The second-order valence-electron chi connectivity index (χ2n) is 9.22. The van der Waals surface area contributed by atoms with Crippen molar-refractivity contribution in [2.24, 2.45) is 0 Å². The number of carbonyl (C=O) groups excluding carboxylic acids is 2. The topological polar surface area (TPSA) is 77.2 Å². The summed E-state index contributed by atoms with van der Waals surface area (Å²) < 4.78 is 13.9. The fourth-order valence-electron chi connectivity index (χ4n) is 5.11. The van der Waals surface area contributed by atoms with Gasteiger partial charge in [-0.05, 0) is 80.7 Å². The Morgan fingerprint density at radius 2 is 1.91 bits per heavy atom. The number of fused-ring (bicyclic) bond motifs is 1. The van der Waals surface area contributed by atoms with E-state index in [4.69, 9.17) is 0 Å². The van der Waals surface area contributed by atoms with E-state index >= 15 is 0 Å². The third-order valence-electron chi connectivity index (χ3n) is 6.87. The first-order chi connectivity index (χ1) is 16.9. The molecule has 0 radical (unpaired) electrons. The van der Waals surface area contributed by atoms with Crippen molar-refractivity contribution in [1.82, 2.24) is 15.2 Å². The van der Waals surface area contributed by atoms with Crippen molar-refractivity contribution in [3.8, 4) is 11.1 Å². The van der Waals surface area contributed by atoms with E-state index in [0.29, 0.717) is 34.6 Å². The summed E-state index contributed by atoms with van der Waals surface area (Å²) >= 11 is 0. The number of likely N-dealkylation sites (tertiary alicyclic amines) is 1. The number of benzene rings is 2. The Balaban J connectivity index is 1.45. The molecule has 7 heteroatoms. The Hall–Kier alpha value is -3.71. The van der Waals surface area contributed by atoms with Crippen LogP contribution in [0.3, 0.4) is 0 Å². The number of hydrogen-bond donors (Lipinski definition) is 3. The maximum atomic E-state index is 13.9. The van der Waals surface area contributed by atoms with Gasteiger partial charge in [0.25, 0.3) is 11.8 Å². The van der Waals surface area contributed by atoms with E-state index in [2.05, 4.69) is 20.5 Å². The van der Waals surface area contributed by atoms with Crippen LogP contribution in [0.4, 0.5) is 10.1 Å². The van der Waals surface area contributed by atoms with E-state index in [9.17, 15) is 14.0 Å². The zero-order valence-corrected chi connectivity index (χ0v) is 20.0. The van der Waals surface area contributed by atoms with Crippen molar-refractivity contribution >= 4 is 29.2 Å². The van der Waals surface area contributed by atoms with Crippen molar-refractivity contribution in [3.63, 3.8) is 0 Å². The molecule has 2 aromatic carbocycles. The average molecular weight is 473 g/mol. The number of aromatic amines is 1. The first-order valence-electron chi connectivity index (χ1n) is 12.0. The quantitative estimate of drug-likeness (QED) is 0.453. The molecule has 35 heavy (non-hydrogen) atoms. The minimum absolute atomic E-state index is 0.114. The summed E-state index contributed by atoms with van der Waals surface area (Å²) in [4.78, 5) is 31.5. The number of nitrogens with zero attached hydrogens (tertiary/aromatic N) is 1. The van der Waals surface area contributed by atoms with Gasteiger partial charge in [0.2, 0.25) is 0 Å². The standard InChI is InChI=1S/C28H29FN4O2/c1-17-24(31-18(2)25(17)28(35)30-11-14-33-12-3-4-13-33)16-22-26-21(19-7-5-8-20(29)15-19)9-6-10-23(26)32-27(22)34/h5-10,15-16,31H,3-4,11-14H2,1-2H3,(H,30,35)(H,32,34)/b22-16-. The second-order valence-corrected chi connectivity index (χ2v) is 9.22. The summed E-state index contributed by atoms with van der Waals surface area (Å²) in [6.07, 6.45) is 4.23. The molecule has 2 aliphatic heterocycles. The summed E-state index contributed by atoms with van der Waals surface area (Å²) in [5.74, 6) is -0.678.